The van der Waals surface area contributed by atoms with Crippen LogP contribution < -0.4 is 5.32 Å². The van der Waals surface area contributed by atoms with Crippen LogP contribution in [0.15, 0.2) is 18.2 Å². The molecule has 0 atom stereocenters. The molecule has 1 N–H and O–H groups in total. The second-order valence-corrected chi connectivity index (χ2v) is 7.13. The molecule has 0 saturated carbocycles. The van der Waals surface area contributed by atoms with Crippen molar-refractivity contribution in [1.29, 1.82) is 0 Å². The first-order valence-electron chi connectivity index (χ1n) is 7.76. The SMILES string of the molecule is CCC1(CC)CNC(C)(C)CN1Cc1c(F)cccc1Cl. The van der Waals surface area contributed by atoms with E-state index in [-0.39, 0.29) is 16.9 Å². The minimum Gasteiger partial charge on any atom is -0.309 e. The van der Waals surface area contributed by atoms with Gasteiger partial charge >= 0.3 is 0 Å². The van der Waals surface area contributed by atoms with Gasteiger partial charge in [-0.25, -0.2) is 4.39 Å². The highest BCUT2D eigenvalue weighted by Crippen LogP contribution is 2.33. The molecular weight excluding hydrogens is 287 g/mol. The first-order valence-corrected chi connectivity index (χ1v) is 8.14. The predicted octanol–water partition coefficient (Wildman–Crippen LogP) is 4.22. The van der Waals surface area contributed by atoms with Crippen LogP contribution in [0.2, 0.25) is 5.02 Å². The van der Waals surface area contributed by atoms with Gasteiger partial charge in [-0.15, -0.1) is 0 Å². The van der Waals surface area contributed by atoms with Gasteiger partial charge in [-0.2, -0.15) is 0 Å². The van der Waals surface area contributed by atoms with E-state index in [2.05, 4.69) is 37.9 Å². The average Bonchev–Trinajstić information content (AvgIpc) is 2.43. The summed E-state index contributed by atoms with van der Waals surface area (Å²) in [4.78, 5) is 2.41. The monoisotopic (exact) mass is 312 g/mol. The van der Waals surface area contributed by atoms with Crippen LogP contribution in [0.25, 0.3) is 0 Å². The molecule has 0 unspecified atom stereocenters. The second kappa shape index (κ2) is 6.23. The zero-order valence-electron chi connectivity index (χ0n) is 13.5. The normalized spacial score (nSPS) is 21.4. The fourth-order valence-electron chi connectivity index (χ4n) is 3.26. The topological polar surface area (TPSA) is 15.3 Å². The maximum absolute atomic E-state index is 14.1. The molecule has 1 aromatic carbocycles. The van der Waals surface area contributed by atoms with Gasteiger partial charge in [-0.3, -0.25) is 4.90 Å². The van der Waals surface area contributed by atoms with E-state index in [0.717, 1.165) is 25.9 Å². The van der Waals surface area contributed by atoms with E-state index >= 15 is 0 Å². The number of halogens is 2. The molecule has 118 valence electrons. The molecule has 1 fully saturated rings. The van der Waals surface area contributed by atoms with Crippen LogP contribution in [0.4, 0.5) is 4.39 Å². The molecule has 1 aromatic rings. The summed E-state index contributed by atoms with van der Waals surface area (Å²) in [5.41, 5.74) is 0.718. The number of hydrogen-bond donors (Lipinski definition) is 1. The summed E-state index contributed by atoms with van der Waals surface area (Å²) in [6.07, 6.45) is 2.08. The lowest BCUT2D eigenvalue weighted by Crippen LogP contribution is -2.67. The largest absolute Gasteiger partial charge is 0.309 e. The predicted molar refractivity (Wildman–Crippen MR) is 87.2 cm³/mol. The number of rotatable bonds is 4. The summed E-state index contributed by atoms with van der Waals surface area (Å²) in [5.74, 6) is -0.208. The summed E-state index contributed by atoms with van der Waals surface area (Å²) in [7, 11) is 0. The molecule has 2 nitrogen and oxygen atoms in total. The molecule has 1 aliphatic rings. The lowest BCUT2D eigenvalue weighted by molar-refractivity contribution is 0.00166. The molecule has 1 heterocycles. The lowest BCUT2D eigenvalue weighted by atomic mass is 9.84. The summed E-state index contributed by atoms with van der Waals surface area (Å²) < 4.78 is 14.1. The zero-order valence-corrected chi connectivity index (χ0v) is 14.2. The van der Waals surface area contributed by atoms with Gasteiger partial charge in [0, 0.05) is 41.3 Å². The van der Waals surface area contributed by atoms with Gasteiger partial charge < -0.3 is 5.32 Å². The highest BCUT2D eigenvalue weighted by atomic mass is 35.5. The van der Waals surface area contributed by atoms with Crippen molar-refractivity contribution in [1.82, 2.24) is 10.2 Å². The van der Waals surface area contributed by atoms with Gasteiger partial charge in [0.25, 0.3) is 0 Å². The van der Waals surface area contributed by atoms with Crippen molar-refractivity contribution in [2.75, 3.05) is 13.1 Å². The third-order valence-corrected chi connectivity index (χ3v) is 5.23. The van der Waals surface area contributed by atoms with E-state index < -0.39 is 0 Å². The van der Waals surface area contributed by atoms with Gasteiger partial charge in [-0.05, 0) is 38.8 Å². The summed E-state index contributed by atoms with van der Waals surface area (Å²) >= 11 is 6.22. The first kappa shape index (κ1) is 16.7. The molecule has 0 bridgehead atoms. The second-order valence-electron chi connectivity index (χ2n) is 6.73. The fourth-order valence-corrected chi connectivity index (χ4v) is 3.48. The Hall–Kier alpha value is -0.640. The standard InChI is InChI=1S/C17H26ClFN2/c1-5-17(6-2)11-20-16(3,4)12-21(17)10-13-14(18)8-7-9-15(13)19/h7-9,20H,5-6,10-12H2,1-4H3. The number of nitrogens with one attached hydrogen (secondary N) is 1. The Bertz CT molecular complexity index is 477. The molecule has 0 radical (unpaired) electrons. The Balaban J connectivity index is 2.32. The van der Waals surface area contributed by atoms with Gasteiger partial charge in [-0.1, -0.05) is 31.5 Å². The summed E-state index contributed by atoms with van der Waals surface area (Å²) in [6.45, 7) is 11.2. The summed E-state index contributed by atoms with van der Waals surface area (Å²) in [6, 6.07) is 4.93. The van der Waals surface area contributed by atoms with Crippen LogP contribution in [-0.4, -0.2) is 29.1 Å². The van der Waals surface area contributed by atoms with Gasteiger partial charge in [0.2, 0.25) is 0 Å². The Morgan fingerprint density at radius 1 is 1.29 bits per heavy atom. The number of piperazine rings is 1. The molecule has 0 amide bonds. The highest BCUT2D eigenvalue weighted by molar-refractivity contribution is 6.31. The molecule has 4 heteroatoms. The van der Waals surface area contributed by atoms with Crippen molar-refractivity contribution < 1.29 is 4.39 Å². The van der Waals surface area contributed by atoms with Crippen LogP contribution >= 0.6 is 11.6 Å². The average molecular weight is 313 g/mol. The maximum Gasteiger partial charge on any atom is 0.129 e. The summed E-state index contributed by atoms with van der Waals surface area (Å²) in [5, 5.41) is 4.15. The smallest absolute Gasteiger partial charge is 0.129 e. The van der Waals surface area contributed by atoms with Gasteiger partial charge in [0.1, 0.15) is 5.82 Å². The molecule has 1 saturated heterocycles. The Morgan fingerprint density at radius 2 is 1.95 bits per heavy atom. The molecule has 0 aromatic heterocycles. The lowest BCUT2D eigenvalue weighted by Gasteiger charge is -2.52. The third kappa shape index (κ3) is 3.41. The van der Waals surface area contributed by atoms with E-state index in [1.807, 2.05) is 0 Å². The fraction of sp³-hybridized carbons (Fsp3) is 0.647. The van der Waals surface area contributed by atoms with E-state index in [1.165, 1.54) is 6.07 Å². The van der Waals surface area contributed by atoms with Crippen LogP contribution in [0.5, 0.6) is 0 Å². The van der Waals surface area contributed by atoms with Crippen LogP contribution in [0.1, 0.15) is 46.1 Å². The molecule has 2 rings (SSSR count). The first-order chi connectivity index (χ1) is 9.83. The van der Waals surface area contributed by atoms with Crippen LogP contribution in [-0.2, 0) is 6.54 Å². The van der Waals surface area contributed by atoms with E-state index in [0.29, 0.717) is 17.1 Å². The quantitative estimate of drug-likeness (QED) is 0.895. The Labute approximate surface area is 132 Å². The minimum atomic E-state index is -0.208. The number of hydrogen-bond acceptors (Lipinski definition) is 2. The van der Waals surface area contributed by atoms with E-state index in [4.69, 9.17) is 11.6 Å². The van der Waals surface area contributed by atoms with Crippen LogP contribution in [0.3, 0.4) is 0 Å². The highest BCUT2D eigenvalue weighted by Gasteiger charge is 2.41. The Morgan fingerprint density at radius 3 is 2.52 bits per heavy atom. The Kier molecular flexibility index (Phi) is 4.96. The molecule has 1 aliphatic heterocycles. The molecule has 0 aliphatic carbocycles. The van der Waals surface area contributed by atoms with Crippen molar-refractivity contribution in [3.63, 3.8) is 0 Å². The third-order valence-electron chi connectivity index (χ3n) is 4.88. The zero-order chi connectivity index (χ0) is 15.7. The number of nitrogens with zero attached hydrogens (tertiary/aromatic N) is 1. The minimum absolute atomic E-state index is 0.0333. The van der Waals surface area contributed by atoms with Crippen molar-refractivity contribution in [2.24, 2.45) is 0 Å². The number of benzene rings is 1. The van der Waals surface area contributed by atoms with Crippen molar-refractivity contribution >= 4 is 11.6 Å². The van der Waals surface area contributed by atoms with Gasteiger partial charge in [0.05, 0.1) is 0 Å². The molecular formula is C17H26ClFN2. The van der Waals surface area contributed by atoms with E-state index in [1.54, 1.807) is 12.1 Å². The van der Waals surface area contributed by atoms with Gasteiger partial charge in [0.15, 0.2) is 0 Å². The van der Waals surface area contributed by atoms with Crippen molar-refractivity contribution in [3.05, 3.63) is 34.6 Å². The van der Waals surface area contributed by atoms with Crippen molar-refractivity contribution in [3.8, 4) is 0 Å². The molecule has 0 spiro atoms. The van der Waals surface area contributed by atoms with E-state index in [9.17, 15) is 4.39 Å². The van der Waals surface area contributed by atoms with Crippen LogP contribution in [0, 0.1) is 5.82 Å². The van der Waals surface area contributed by atoms with Crippen molar-refractivity contribution in [2.45, 2.75) is 58.2 Å². The maximum atomic E-state index is 14.1. The molecule has 21 heavy (non-hydrogen) atoms.